The maximum atomic E-state index is 5.41. The van der Waals surface area contributed by atoms with Crippen molar-refractivity contribution in [3.63, 3.8) is 0 Å². The molecule has 1 saturated heterocycles. The molecule has 152 valence electrons. The molecule has 2 rings (SSSR count). The first kappa shape index (κ1) is 21.5. The van der Waals surface area contributed by atoms with Crippen LogP contribution in [0.1, 0.15) is 25.3 Å². The van der Waals surface area contributed by atoms with Gasteiger partial charge in [0.15, 0.2) is 5.96 Å². The van der Waals surface area contributed by atoms with Gasteiger partial charge in [-0.3, -0.25) is 9.89 Å². The Morgan fingerprint density at radius 2 is 1.93 bits per heavy atom. The number of ether oxygens (including phenoxy) is 2. The molecule has 0 aliphatic carbocycles. The Morgan fingerprint density at radius 1 is 1.19 bits per heavy atom. The molecular formula is C21H36N4O2. The second-order valence-electron chi connectivity index (χ2n) is 7.20. The number of benzene rings is 1. The zero-order valence-corrected chi connectivity index (χ0v) is 17.2. The van der Waals surface area contributed by atoms with Crippen LogP contribution in [0.15, 0.2) is 29.3 Å². The van der Waals surface area contributed by atoms with Gasteiger partial charge in [-0.05, 0) is 42.9 Å². The molecule has 0 radical (unpaired) electrons. The Morgan fingerprint density at radius 3 is 2.59 bits per heavy atom. The van der Waals surface area contributed by atoms with Crippen LogP contribution in [0, 0.1) is 5.92 Å². The molecule has 1 fully saturated rings. The van der Waals surface area contributed by atoms with Gasteiger partial charge in [-0.1, -0.05) is 19.1 Å². The summed E-state index contributed by atoms with van der Waals surface area (Å²) in [5, 5.41) is 6.87. The Bertz CT molecular complexity index is 542. The van der Waals surface area contributed by atoms with E-state index in [2.05, 4.69) is 39.6 Å². The van der Waals surface area contributed by atoms with Gasteiger partial charge in [-0.25, -0.2) is 0 Å². The quantitative estimate of drug-likeness (QED) is 0.372. The molecule has 1 aliphatic heterocycles. The summed E-state index contributed by atoms with van der Waals surface area (Å²) >= 11 is 0. The first-order valence-corrected chi connectivity index (χ1v) is 10.1. The van der Waals surface area contributed by atoms with E-state index < -0.39 is 0 Å². The summed E-state index contributed by atoms with van der Waals surface area (Å²) in [6.45, 7) is 9.08. The third kappa shape index (κ3) is 8.63. The average molecular weight is 377 g/mol. The molecule has 0 amide bonds. The number of methoxy groups -OCH3 is 1. The van der Waals surface area contributed by atoms with Gasteiger partial charge in [0.25, 0.3) is 0 Å². The molecule has 0 saturated carbocycles. The number of nitrogens with zero attached hydrogens (tertiary/aromatic N) is 2. The fraction of sp³-hybridized carbons (Fsp3) is 0.667. The number of nitrogens with one attached hydrogen (secondary N) is 2. The van der Waals surface area contributed by atoms with E-state index in [1.165, 1.54) is 5.56 Å². The number of aryl methyl sites for hydroxylation is 1. The van der Waals surface area contributed by atoms with E-state index in [9.17, 15) is 0 Å². The standard InChI is InChI=1S/C21H36N4O2/c1-18(17-25-12-14-27-15-13-25)16-24-21(22-2)23-11-5-4-6-19-7-9-20(26-3)10-8-19/h7-10,18H,4-6,11-17H2,1-3H3,(H2,22,23,24). The number of guanidine groups is 1. The molecule has 1 atom stereocenters. The lowest BCUT2D eigenvalue weighted by molar-refractivity contribution is 0.0320. The molecule has 6 heteroatoms. The van der Waals surface area contributed by atoms with E-state index in [1.807, 2.05) is 19.2 Å². The second-order valence-corrected chi connectivity index (χ2v) is 7.20. The average Bonchev–Trinajstić information content (AvgIpc) is 2.71. The minimum atomic E-state index is 0.580. The molecule has 1 unspecified atom stereocenters. The minimum Gasteiger partial charge on any atom is -0.497 e. The molecule has 0 aromatic heterocycles. The summed E-state index contributed by atoms with van der Waals surface area (Å²) < 4.78 is 10.6. The monoisotopic (exact) mass is 376 g/mol. The SMILES string of the molecule is CN=C(NCCCCc1ccc(OC)cc1)NCC(C)CN1CCOCC1. The molecule has 1 heterocycles. The lowest BCUT2D eigenvalue weighted by atomic mass is 10.1. The van der Waals surface area contributed by atoms with E-state index in [0.717, 1.165) is 76.9 Å². The van der Waals surface area contributed by atoms with Crippen molar-refractivity contribution in [2.45, 2.75) is 26.2 Å². The van der Waals surface area contributed by atoms with Crippen molar-refractivity contribution in [1.82, 2.24) is 15.5 Å². The summed E-state index contributed by atoms with van der Waals surface area (Å²) in [4.78, 5) is 6.81. The van der Waals surface area contributed by atoms with E-state index in [0.29, 0.717) is 5.92 Å². The zero-order chi connectivity index (χ0) is 19.3. The first-order chi connectivity index (χ1) is 13.2. The lowest BCUT2D eigenvalue weighted by Crippen LogP contribution is -2.44. The van der Waals surface area contributed by atoms with Crippen molar-refractivity contribution in [2.75, 3.05) is 60.1 Å². The predicted octanol–water partition coefficient (Wildman–Crippen LogP) is 2.15. The molecule has 1 aromatic carbocycles. The summed E-state index contributed by atoms with van der Waals surface area (Å²) in [5.41, 5.74) is 1.36. The molecule has 27 heavy (non-hydrogen) atoms. The fourth-order valence-electron chi connectivity index (χ4n) is 3.23. The van der Waals surface area contributed by atoms with Crippen molar-refractivity contribution in [3.8, 4) is 5.75 Å². The number of hydrogen-bond acceptors (Lipinski definition) is 4. The highest BCUT2D eigenvalue weighted by molar-refractivity contribution is 5.79. The van der Waals surface area contributed by atoms with Gasteiger partial charge < -0.3 is 20.1 Å². The number of hydrogen-bond donors (Lipinski definition) is 2. The third-order valence-electron chi connectivity index (χ3n) is 4.86. The van der Waals surface area contributed by atoms with Crippen LogP contribution in [0.4, 0.5) is 0 Å². The van der Waals surface area contributed by atoms with Crippen molar-refractivity contribution < 1.29 is 9.47 Å². The van der Waals surface area contributed by atoms with Gasteiger partial charge in [0.05, 0.1) is 20.3 Å². The highest BCUT2D eigenvalue weighted by Gasteiger charge is 2.13. The zero-order valence-electron chi connectivity index (χ0n) is 17.2. The molecule has 0 bridgehead atoms. The highest BCUT2D eigenvalue weighted by atomic mass is 16.5. The smallest absolute Gasteiger partial charge is 0.190 e. The normalized spacial score (nSPS) is 16.8. The van der Waals surface area contributed by atoms with Gasteiger partial charge >= 0.3 is 0 Å². The van der Waals surface area contributed by atoms with Gasteiger partial charge in [0.1, 0.15) is 5.75 Å². The fourth-order valence-corrected chi connectivity index (χ4v) is 3.23. The van der Waals surface area contributed by atoms with Gasteiger partial charge in [0, 0.05) is 39.8 Å². The van der Waals surface area contributed by atoms with Crippen LogP contribution < -0.4 is 15.4 Å². The Balaban J connectivity index is 1.55. The molecule has 6 nitrogen and oxygen atoms in total. The predicted molar refractivity (Wildman–Crippen MR) is 112 cm³/mol. The van der Waals surface area contributed by atoms with E-state index in [-0.39, 0.29) is 0 Å². The van der Waals surface area contributed by atoms with Crippen LogP contribution in [0.3, 0.4) is 0 Å². The van der Waals surface area contributed by atoms with E-state index >= 15 is 0 Å². The second kappa shape index (κ2) is 12.6. The van der Waals surface area contributed by atoms with E-state index in [4.69, 9.17) is 9.47 Å². The number of rotatable bonds is 10. The molecular weight excluding hydrogens is 340 g/mol. The van der Waals surface area contributed by atoms with Crippen molar-refractivity contribution >= 4 is 5.96 Å². The number of aliphatic imine (C=N–C) groups is 1. The Labute approximate surface area is 164 Å². The maximum Gasteiger partial charge on any atom is 0.190 e. The summed E-state index contributed by atoms with van der Waals surface area (Å²) in [6, 6.07) is 8.33. The van der Waals surface area contributed by atoms with E-state index in [1.54, 1.807) is 7.11 Å². The molecule has 2 N–H and O–H groups in total. The van der Waals surface area contributed by atoms with Crippen molar-refractivity contribution in [3.05, 3.63) is 29.8 Å². The van der Waals surface area contributed by atoms with Crippen LogP contribution in [0.5, 0.6) is 5.75 Å². The summed E-state index contributed by atoms with van der Waals surface area (Å²) in [5.74, 6) is 2.39. The highest BCUT2D eigenvalue weighted by Crippen LogP contribution is 2.13. The van der Waals surface area contributed by atoms with Crippen molar-refractivity contribution in [1.29, 1.82) is 0 Å². The van der Waals surface area contributed by atoms with Gasteiger partial charge in [0.2, 0.25) is 0 Å². The topological polar surface area (TPSA) is 58.1 Å². The third-order valence-corrected chi connectivity index (χ3v) is 4.86. The van der Waals surface area contributed by atoms with Crippen LogP contribution in [0.25, 0.3) is 0 Å². The Hall–Kier alpha value is -1.79. The lowest BCUT2D eigenvalue weighted by Gasteiger charge is -2.29. The van der Waals surface area contributed by atoms with Crippen LogP contribution in [-0.4, -0.2) is 71.0 Å². The van der Waals surface area contributed by atoms with Crippen LogP contribution >= 0.6 is 0 Å². The molecule has 1 aliphatic rings. The molecule has 0 spiro atoms. The van der Waals surface area contributed by atoms with Gasteiger partial charge in [-0.2, -0.15) is 0 Å². The maximum absolute atomic E-state index is 5.41. The summed E-state index contributed by atoms with van der Waals surface area (Å²) in [6.07, 6.45) is 3.37. The van der Waals surface area contributed by atoms with Crippen molar-refractivity contribution in [2.24, 2.45) is 10.9 Å². The van der Waals surface area contributed by atoms with Crippen LogP contribution in [0.2, 0.25) is 0 Å². The molecule has 1 aromatic rings. The van der Waals surface area contributed by atoms with Crippen LogP contribution in [-0.2, 0) is 11.2 Å². The minimum absolute atomic E-state index is 0.580. The largest absolute Gasteiger partial charge is 0.497 e. The number of unbranched alkanes of at least 4 members (excludes halogenated alkanes) is 1. The first-order valence-electron chi connectivity index (χ1n) is 10.1. The number of morpholine rings is 1. The van der Waals surface area contributed by atoms with Gasteiger partial charge in [-0.15, -0.1) is 0 Å². The Kier molecular flexibility index (Phi) is 10.0. The summed E-state index contributed by atoms with van der Waals surface area (Å²) in [7, 11) is 3.53.